The molecule has 3 N–H and O–H groups in total. The summed E-state index contributed by atoms with van der Waals surface area (Å²) in [6.45, 7) is 1.18. The maximum Gasteiger partial charge on any atom is 0.254 e. The highest BCUT2D eigenvalue weighted by atomic mass is 19.1. The molecule has 2 aromatic rings. The molecule has 8 nitrogen and oxygen atoms in total. The number of nitrogens with zero attached hydrogens (tertiary/aromatic N) is 3. The Morgan fingerprint density at radius 2 is 1.90 bits per heavy atom. The van der Waals surface area contributed by atoms with Gasteiger partial charge in [-0.05, 0) is 43.5 Å². The number of benzene rings is 1. The predicted molar refractivity (Wildman–Crippen MR) is 106 cm³/mol. The van der Waals surface area contributed by atoms with Gasteiger partial charge in [0.25, 0.3) is 5.91 Å². The average Bonchev–Trinajstić information content (AvgIpc) is 3.38. The zero-order chi connectivity index (χ0) is 21.2. The normalized spacial score (nSPS) is 19.5. The Kier molecular flexibility index (Phi) is 5.45. The Balaban J connectivity index is 1.64. The summed E-state index contributed by atoms with van der Waals surface area (Å²) in [5.41, 5.74) is 5.98. The van der Waals surface area contributed by atoms with Crippen LogP contribution < -0.4 is 11.1 Å². The van der Waals surface area contributed by atoms with Gasteiger partial charge < -0.3 is 20.5 Å². The number of aromatic nitrogens is 2. The standard InChI is InChI=1S/C21H24FN5O3/c22-15-2-4-16(5-3-15)25-19-17(18(24)28)14-27(26-19)20(6-1-11-23)7-9-21(10-8-20)29-12-13-30-21/h2-5,14H,1,6-10,12-13H2,(H2,24,28)(H,25,26). The highest BCUT2D eigenvalue weighted by Gasteiger charge is 2.47. The molecule has 1 aromatic carbocycles. The van der Waals surface area contributed by atoms with E-state index in [0.29, 0.717) is 63.2 Å². The SMILES string of the molecule is N#CCCC1(n2cc(C(N)=O)c(Nc3ccc(F)cc3)n2)CCC2(CC1)OCCO2. The van der Waals surface area contributed by atoms with Gasteiger partial charge in [0.2, 0.25) is 0 Å². The van der Waals surface area contributed by atoms with E-state index in [-0.39, 0.29) is 11.4 Å². The van der Waals surface area contributed by atoms with Crippen molar-refractivity contribution in [3.63, 3.8) is 0 Å². The van der Waals surface area contributed by atoms with Crippen LogP contribution in [0.25, 0.3) is 0 Å². The van der Waals surface area contributed by atoms with Crippen LogP contribution in [0.3, 0.4) is 0 Å². The Hall–Kier alpha value is -2.96. The second kappa shape index (κ2) is 8.05. The number of hydrogen-bond acceptors (Lipinski definition) is 6. The summed E-state index contributed by atoms with van der Waals surface area (Å²) >= 11 is 0. The van der Waals surface area contributed by atoms with Crippen LogP contribution in [0.5, 0.6) is 0 Å². The van der Waals surface area contributed by atoms with Crippen molar-refractivity contribution < 1.29 is 18.7 Å². The smallest absolute Gasteiger partial charge is 0.254 e. The molecule has 2 heterocycles. The largest absolute Gasteiger partial charge is 0.365 e. The summed E-state index contributed by atoms with van der Waals surface area (Å²) < 4.78 is 26.6. The van der Waals surface area contributed by atoms with Crippen molar-refractivity contribution in [2.24, 2.45) is 5.73 Å². The van der Waals surface area contributed by atoms with Gasteiger partial charge in [-0.1, -0.05) is 0 Å². The van der Waals surface area contributed by atoms with Crippen molar-refractivity contribution in [3.05, 3.63) is 41.8 Å². The lowest BCUT2D eigenvalue weighted by molar-refractivity contribution is -0.191. The van der Waals surface area contributed by atoms with E-state index in [9.17, 15) is 14.4 Å². The number of carbonyl (C=O) groups is 1. The van der Waals surface area contributed by atoms with Gasteiger partial charge in [0.15, 0.2) is 11.6 Å². The highest BCUT2D eigenvalue weighted by Crippen LogP contribution is 2.46. The first-order valence-corrected chi connectivity index (χ1v) is 10.0. The van der Waals surface area contributed by atoms with E-state index in [1.54, 1.807) is 23.0 Å². The van der Waals surface area contributed by atoms with Crippen molar-refractivity contribution >= 4 is 17.4 Å². The van der Waals surface area contributed by atoms with Crippen molar-refractivity contribution in [2.45, 2.75) is 49.9 Å². The van der Waals surface area contributed by atoms with Crippen LogP contribution >= 0.6 is 0 Å². The minimum Gasteiger partial charge on any atom is -0.365 e. The average molecular weight is 413 g/mol. The zero-order valence-electron chi connectivity index (χ0n) is 16.6. The van der Waals surface area contributed by atoms with Crippen molar-refractivity contribution in [2.75, 3.05) is 18.5 Å². The molecule has 2 fully saturated rings. The first kappa shape index (κ1) is 20.3. The number of ether oxygens (including phenoxy) is 2. The summed E-state index contributed by atoms with van der Waals surface area (Å²) in [7, 11) is 0. The van der Waals surface area contributed by atoms with E-state index in [0.717, 1.165) is 0 Å². The molecule has 9 heteroatoms. The molecule has 0 atom stereocenters. The molecule has 30 heavy (non-hydrogen) atoms. The summed E-state index contributed by atoms with van der Waals surface area (Å²) in [6.07, 6.45) is 5.36. The van der Waals surface area contributed by atoms with Gasteiger partial charge in [-0.3, -0.25) is 9.48 Å². The molecular weight excluding hydrogens is 389 g/mol. The van der Waals surface area contributed by atoms with E-state index < -0.39 is 17.2 Å². The second-order valence-corrected chi connectivity index (χ2v) is 7.82. The van der Waals surface area contributed by atoms with Gasteiger partial charge in [0.05, 0.1) is 24.8 Å². The monoisotopic (exact) mass is 413 g/mol. The first-order chi connectivity index (χ1) is 14.5. The molecule has 4 rings (SSSR count). The maximum atomic E-state index is 13.2. The molecule has 0 bridgehead atoms. The molecule has 1 amide bonds. The molecule has 2 aliphatic rings. The summed E-state index contributed by atoms with van der Waals surface area (Å²) in [5, 5.41) is 16.9. The number of primary amides is 1. The van der Waals surface area contributed by atoms with Gasteiger partial charge in [0, 0.05) is 31.1 Å². The molecule has 1 aliphatic carbocycles. The number of nitriles is 1. The first-order valence-electron chi connectivity index (χ1n) is 10.0. The fraction of sp³-hybridized carbons (Fsp3) is 0.476. The summed E-state index contributed by atoms with van der Waals surface area (Å²) in [6, 6.07) is 7.97. The minimum absolute atomic E-state index is 0.240. The number of halogens is 1. The van der Waals surface area contributed by atoms with Gasteiger partial charge in [-0.15, -0.1) is 0 Å². The van der Waals surface area contributed by atoms with Gasteiger partial charge >= 0.3 is 0 Å². The number of nitrogens with one attached hydrogen (secondary N) is 1. The molecular formula is C21H24FN5O3. The van der Waals surface area contributed by atoms with Crippen molar-refractivity contribution in [3.8, 4) is 6.07 Å². The van der Waals surface area contributed by atoms with Crippen LogP contribution in [0, 0.1) is 17.1 Å². The highest BCUT2D eigenvalue weighted by molar-refractivity contribution is 5.98. The van der Waals surface area contributed by atoms with Gasteiger partial charge in [-0.2, -0.15) is 10.4 Å². The topological polar surface area (TPSA) is 115 Å². The van der Waals surface area contributed by atoms with Gasteiger partial charge in [0.1, 0.15) is 11.4 Å². The number of nitrogens with two attached hydrogens (primary N) is 1. The Morgan fingerprint density at radius 1 is 1.23 bits per heavy atom. The molecule has 1 spiro atoms. The van der Waals surface area contributed by atoms with Gasteiger partial charge in [-0.25, -0.2) is 4.39 Å². The molecule has 0 unspecified atom stereocenters. The number of hydrogen-bond donors (Lipinski definition) is 2. The van der Waals surface area contributed by atoms with Crippen LogP contribution in [-0.4, -0.2) is 34.7 Å². The third kappa shape index (κ3) is 3.88. The third-order valence-corrected chi connectivity index (χ3v) is 6.03. The van der Waals surface area contributed by atoms with Crippen molar-refractivity contribution in [1.82, 2.24) is 9.78 Å². The molecule has 1 saturated heterocycles. The van der Waals surface area contributed by atoms with Crippen molar-refractivity contribution in [1.29, 1.82) is 5.26 Å². The molecule has 0 radical (unpaired) electrons. The number of carbonyl (C=O) groups excluding carboxylic acids is 1. The fourth-order valence-electron chi connectivity index (χ4n) is 4.32. The predicted octanol–water partition coefficient (Wildman–Crippen LogP) is 3.18. The van der Waals surface area contributed by atoms with Crippen LogP contribution in [0.1, 0.15) is 48.9 Å². The molecule has 1 saturated carbocycles. The number of anilines is 2. The lowest BCUT2D eigenvalue weighted by atomic mass is 9.76. The Morgan fingerprint density at radius 3 is 2.50 bits per heavy atom. The zero-order valence-corrected chi connectivity index (χ0v) is 16.6. The fourth-order valence-corrected chi connectivity index (χ4v) is 4.32. The summed E-state index contributed by atoms with van der Waals surface area (Å²) in [4.78, 5) is 12.1. The minimum atomic E-state index is -0.615. The van der Waals surface area contributed by atoms with Crippen LogP contribution in [0.2, 0.25) is 0 Å². The van der Waals surface area contributed by atoms with E-state index in [2.05, 4.69) is 16.5 Å². The van der Waals surface area contributed by atoms with E-state index >= 15 is 0 Å². The second-order valence-electron chi connectivity index (χ2n) is 7.82. The summed E-state index contributed by atoms with van der Waals surface area (Å²) in [5.74, 6) is -1.22. The lowest BCUT2D eigenvalue weighted by Crippen LogP contribution is -2.45. The van der Waals surface area contributed by atoms with E-state index in [4.69, 9.17) is 15.2 Å². The quantitative estimate of drug-likeness (QED) is 0.752. The van der Waals surface area contributed by atoms with Crippen LogP contribution in [0.15, 0.2) is 30.5 Å². The maximum absolute atomic E-state index is 13.2. The van der Waals surface area contributed by atoms with Crippen LogP contribution in [-0.2, 0) is 15.0 Å². The lowest BCUT2D eigenvalue weighted by Gasteiger charge is -2.43. The Labute approximate surface area is 173 Å². The molecule has 1 aliphatic heterocycles. The number of amides is 1. The van der Waals surface area contributed by atoms with E-state index in [1.165, 1.54) is 12.1 Å². The number of rotatable bonds is 6. The molecule has 1 aromatic heterocycles. The Bertz CT molecular complexity index is 950. The van der Waals surface area contributed by atoms with E-state index in [1.807, 2.05) is 0 Å². The van der Waals surface area contributed by atoms with Crippen LogP contribution in [0.4, 0.5) is 15.9 Å². The third-order valence-electron chi connectivity index (χ3n) is 6.03. The molecule has 158 valence electrons.